The Balaban J connectivity index is 1.39. The lowest BCUT2D eigenvalue weighted by Crippen LogP contribution is -2.10. The minimum absolute atomic E-state index is 0.651. The number of rotatable bonds is 7. The Morgan fingerprint density at radius 2 is 1.71 bits per heavy atom. The van der Waals surface area contributed by atoms with E-state index < -0.39 is 0 Å². The normalized spacial score (nSPS) is 10.9. The summed E-state index contributed by atoms with van der Waals surface area (Å²) < 4.78 is 0. The van der Waals surface area contributed by atoms with Gasteiger partial charge in [0.15, 0.2) is 0 Å². The van der Waals surface area contributed by atoms with Gasteiger partial charge in [-0.25, -0.2) is 4.98 Å². The number of aromatic nitrogens is 3. The topological polar surface area (TPSA) is 65.6 Å². The summed E-state index contributed by atoms with van der Waals surface area (Å²) in [4.78, 5) is 12.5. The molecule has 5 heteroatoms. The first-order valence-corrected chi connectivity index (χ1v) is 9.62. The summed E-state index contributed by atoms with van der Waals surface area (Å²) in [6.45, 7) is 5.64. The van der Waals surface area contributed by atoms with Crippen LogP contribution in [-0.4, -0.2) is 21.5 Å². The predicted octanol–water partition coefficient (Wildman–Crippen LogP) is 4.84. The molecule has 4 rings (SSSR count). The zero-order chi connectivity index (χ0) is 19.3. The molecule has 0 bridgehead atoms. The van der Waals surface area contributed by atoms with Gasteiger partial charge in [-0.15, -0.1) is 0 Å². The number of H-pyrrole nitrogens is 1. The lowest BCUT2D eigenvalue weighted by Gasteiger charge is -2.11. The molecule has 0 atom stereocenters. The number of anilines is 2. The van der Waals surface area contributed by atoms with Crippen LogP contribution in [0.25, 0.3) is 10.9 Å². The summed E-state index contributed by atoms with van der Waals surface area (Å²) in [5.41, 5.74) is 5.95. The second-order valence-corrected chi connectivity index (χ2v) is 7.03. The summed E-state index contributed by atoms with van der Waals surface area (Å²) >= 11 is 0. The summed E-state index contributed by atoms with van der Waals surface area (Å²) in [5, 5.41) is 8.06. The number of nitrogens with one attached hydrogen (secondary N) is 3. The van der Waals surface area contributed by atoms with E-state index in [1.807, 2.05) is 13.0 Å². The molecule has 0 saturated carbocycles. The van der Waals surface area contributed by atoms with Crippen molar-refractivity contribution in [1.29, 1.82) is 0 Å². The Morgan fingerprint density at radius 3 is 2.61 bits per heavy atom. The number of hydrogen-bond donors (Lipinski definition) is 3. The van der Waals surface area contributed by atoms with Crippen LogP contribution in [0.1, 0.15) is 22.4 Å². The van der Waals surface area contributed by atoms with Gasteiger partial charge < -0.3 is 15.6 Å². The van der Waals surface area contributed by atoms with Gasteiger partial charge in [0.1, 0.15) is 5.82 Å². The number of benzene rings is 2. The highest BCUT2D eigenvalue weighted by Gasteiger charge is 2.05. The molecule has 0 radical (unpaired) electrons. The molecule has 0 amide bonds. The maximum atomic E-state index is 4.62. The molecule has 0 saturated heterocycles. The van der Waals surface area contributed by atoms with Crippen molar-refractivity contribution in [2.75, 3.05) is 17.2 Å². The molecule has 0 unspecified atom stereocenters. The smallest absolute Gasteiger partial charge is 0.225 e. The first-order chi connectivity index (χ1) is 13.7. The van der Waals surface area contributed by atoms with Crippen molar-refractivity contribution in [1.82, 2.24) is 15.0 Å². The van der Waals surface area contributed by atoms with Crippen LogP contribution in [0.5, 0.6) is 0 Å². The van der Waals surface area contributed by atoms with E-state index in [-0.39, 0.29) is 0 Å². The molecule has 2 aromatic carbocycles. The average Bonchev–Trinajstić information content (AvgIpc) is 3.10. The molecule has 0 aliphatic heterocycles. The lowest BCUT2D eigenvalue weighted by atomic mass is 10.1. The number of hydrogen-bond acceptors (Lipinski definition) is 4. The first-order valence-electron chi connectivity index (χ1n) is 9.62. The van der Waals surface area contributed by atoms with Gasteiger partial charge in [-0.1, -0.05) is 42.5 Å². The molecule has 28 heavy (non-hydrogen) atoms. The van der Waals surface area contributed by atoms with Crippen molar-refractivity contribution < 1.29 is 0 Å². The number of nitrogens with zero attached hydrogens (tertiary/aromatic N) is 2. The van der Waals surface area contributed by atoms with Gasteiger partial charge in [0.25, 0.3) is 0 Å². The van der Waals surface area contributed by atoms with Crippen LogP contribution in [-0.2, 0) is 13.0 Å². The third kappa shape index (κ3) is 4.14. The zero-order valence-electron chi connectivity index (χ0n) is 16.3. The van der Waals surface area contributed by atoms with E-state index >= 15 is 0 Å². The highest BCUT2D eigenvalue weighted by atomic mass is 15.1. The summed E-state index contributed by atoms with van der Waals surface area (Å²) in [5.74, 6) is 1.50. The summed E-state index contributed by atoms with van der Waals surface area (Å²) in [7, 11) is 0. The van der Waals surface area contributed by atoms with Crippen LogP contribution in [0.2, 0.25) is 0 Å². The fourth-order valence-electron chi connectivity index (χ4n) is 3.38. The number of aryl methyl sites for hydroxylation is 2. The molecular formula is C23H25N5. The molecule has 3 N–H and O–H groups in total. The third-order valence-electron chi connectivity index (χ3n) is 4.93. The maximum Gasteiger partial charge on any atom is 0.225 e. The Labute approximate surface area is 165 Å². The van der Waals surface area contributed by atoms with Gasteiger partial charge in [0.05, 0.1) is 0 Å². The maximum absolute atomic E-state index is 4.62. The predicted molar refractivity (Wildman–Crippen MR) is 116 cm³/mol. The van der Waals surface area contributed by atoms with E-state index in [0.717, 1.165) is 24.5 Å². The standard InChI is InChI=1S/C23H25N5/c1-16-7-3-4-8-18(16)14-26-23-27-17(2)13-22(28-23)24-12-11-19-15-25-21-10-6-5-9-20(19)21/h3-10,13,15,25H,11-12,14H2,1-2H3,(H2,24,26,27,28). The fraction of sp³-hybridized carbons (Fsp3) is 0.217. The van der Waals surface area contributed by atoms with Crippen LogP contribution in [0.4, 0.5) is 11.8 Å². The van der Waals surface area contributed by atoms with Crippen molar-refractivity contribution in [3.63, 3.8) is 0 Å². The monoisotopic (exact) mass is 371 g/mol. The average molecular weight is 371 g/mol. The molecule has 0 spiro atoms. The van der Waals surface area contributed by atoms with E-state index in [9.17, 15) is 0 Å². The molecule has 4 aromatic rings. The van der Waals surface area contributed by atoms with Gasteiger partial charge in [0.2, 0.25) is 5.95 Å². The minimum atomic E-state index is 0.651. The molecule has 142 valence electrons. The van der Waals surface area contributed by atoms with E-state index in [1.165, 1.54) is 27.6 Å². The van der Waals surface area contributed by atoms with Crippen molar-refractivity contribution >= 4 is 22.7 Å². The van der Waals surface area contributed by atoms with Crippen LogP contribution in [0.3, 0.4) is 0 Å². The second kappa shape index (κ2) is 8.13. The molecule has 2 aromatic heterocycles. The molecule has 2 heterocycles. The quantitative estimate of drug-likeness (QED) is 0.435. The third-order valence-corrected chi connectivity index (χ3v) is 4.93. The highest BCUT2D eigenvalue weighted by Crippen LogP contribution is 2.18. The first kappa shape index (κ1) is 18.0. The Morgan fingerprint density at radius 1 is 0.893 bits per heavy atom. The van der Waals surface area contributed by atoms with E-state index in [0.29, 0.717) is 12.5 Å². The van der Waals surface area contributed by atoms with Crippen LogP contribution in [0.15, 0.2) is 60.8 Å². The van der Waals surface area contributed by atoms with Crippen molar-refractivity contribution in [2.24, 2.45) is 0 Å². The van der Waals surface area contributed by atoms with Gasteiger partial charge in [0, 0.05) is 41.9 Å². The van der Waals surface area contributed by atoms with Crippen molar-refractivity contribution in [3.8, 4) is 0 Å². The summed E-state index contributed by atoms with van der Waals surface area (Å²) in [6, 6.07) is 18.7. The molecule has 0 fully saturated rings. The number of fused-ring (bicyclic) bond motifs is 1. The Hall–Kier alpha value is -3.34. The minimum Gasteiger partial charge on any atom is -0.370 e. The zero-order valence-corrected chi connectivity index (χ0v) is 16.3. The van der Waals surface area contributed by atoms with Crippen LogP contribution in [0, 0.1) is 13.8 Å². The van der Waals surface area contributed by atoms with Crippen molar-refractivity contribution in [3.05, 3.63) is 83.2 Å². The van der Waals surface area contributed by atoms with Crippen LogP contribution >= 0.6 is 0 Å². The number of para-hydroxylation sites is 1. The van der Waals surface area contributed by atoms with Gasteiger partial charge in [-0.3, -0.25) is 0 Å². The van der Waals surface area contributed by atoms with E-state index in [4.69, 9.17) is 0 Å². The Kier molecular flexibility index (Phi) is 5.24. The molecule has 0 aliphatic rings. The molecular weight excluding hydrogens is 346 g/mol. The van der Waals surface area contributed by atoms with Gasteiger partial charge in [-0.2, -0.15) is 4.98 Å². The van der Waals surface area contributed by atoms with Gasteiger partial charge in [-0.05, 0) is 43.0 Å². The van der Waals surface area contributed by atoms with Gasteiger partial charge >= 0.3 is 0 Å². The van der Waals surface area contributed by atoms with E-state index in [1.54, 1.807) is 0 Å². The fourth-order valence-corrected chi connectivity index (χ4v) is 3.38. The van der Waals surface area contributed by atoms with Crippen LogP contribution < -0.4 is 10.6 Å². The molecule has 5 nitrogen and oxygen atoms in total. The molecule has 0 aliphatic carbocycles. The SMILES string of the molecule is Cc1cc(NCCc2c[nH]c3ccccc23)nc(NCc2ccccc2C)n1. The van der Waals surface area contributed by atoms with Crippen molar-refractivity contribution in [2.45, 2.75) is 26.8 Å². The lowest BCUT2D eigenvalue weighted by molar-refractivity contribution is 0.984. The Bertz CT molecular complexity index is 1080. The summed E-state index contributed by atoms with van der Waals surface area (Å²) in [6.07, 6.45) is 3.02. The van der Waals surface area contributed by atoms with E-state index in [2.05, 4.69) is 87.2 Å². The second-order valence-electron chi connectivity index (χ2n) is 7.03. The highest BCUT2D eigenvalue weighted by molar-refractivity contribution is 5.83. The largest absolute Gasteiger partial charge is 0.370 e. The number of aromatic amines is 1.